The van der Waals surface area contributed by atoms with Crippen molar-refractivity contribution in [1.29, 1.82) is 0 Å². The summed E-state index contributed by atoms with van der Waals surface area (Å²) >= 11 is 0. The zero-order chi connectivity index (χ0) is 13.1. The highest BCUT2D eigenvalue weighted by atomic mass is 16.6. The highest BCUT2D eigenvalue weighted by Gasteiger charge is 2.11. The van der Waals surface area contributed by atoms with Crippen LogP contribution in [0.1, 0.15) is 59.3 Å². The Morgan fingerprint density at radius 2 is 1.53 bits per heavy atom. The summed E-state index contributed by atoms with van der Waals surface area (Å²) in [5, 5.41) is 0. The molecule has 4 nitrogen and oxygen atoms in total. The van der Waals surface area contributed by atoms with Crippen LogP contribution in [0.15, 0.2) is 0 Å². The first kappa shape index (κ1) is 15.9. The van der Waals surface area contributed by atoms with Crippen molar-refractivity contribution in [3.63, 3.8) is 0 Å². The molecular formula is C13H24O4. The van der Waals surface area contributed by atoms with Crippen molar-refractivity contribution in [2.24, 2.45) is 0 Å². The number of rotatable bonds is 9. The van der Waals surface area contributed by atoms with E-state index in [4.69, 9.17) is 9.47 Å². The lowest BCUT2D eigenvalue weighted by molar-refractivity contribution is -0.158. The molecule has 0 radical (unpaired) electrons. The van der Waals surface area contributed by atoms with Gasteiger partial charge in [-0.15, -0.1) is 0 Å². The second-order valence-electron chi connectivity index (χ2n) is 4.19. The van der Waals surface area contributed by atoms with Gasteiger partial charge in [-0.1, -0.05) is 26.7 Å². The Bertz CT molecular complexity index is 225. The highest BCUT2D eigenvalue weighted by molar-refractivity contribution is 5.70. The molecule has 0 saturated carbocycles. The number of ether oxygens (including phenoxy) is 2. The Kier molecular flexibility index (Phi) is 9.49. The van der Waals surface area contributed by atoms with E-state index in [-0.39, 0.29) is 24.6 Å². The van der Waals surface area contributed by atoms with E-state index in [0.717, 1.165) is 25.7 Å². The third kappa shape index (κ3) is 9.85. The summed E-state index contributed by atoms with van der Waals surface area (Å²) in [5.41, 5.74) is 0. The van der Waals surface area contributed by atoms with Crippen LogP contribution >= 0.6 is 0 Å². The van der Waals surface area contributed by atoms with E-state index in [1.54, 1.807) is 6.92 Å². The predicted molar refractivity (Wildman–Crippen MR) is 65.6 cm³/mol. The smallest absolute Gasteiger partial charge is 0.306 e. The molecule has 0 bridgehead atoms. The van der Waals surface area contributed by atoms with Crippen LogP contribution in [0.5, 0.6) is 0 Å². The van der Waals surface area contributed by atoms with E-state index in [1.807, 2.05) is 13.8 Å². The molecule has 17 heavy (non-hydrogen) atoms. The van der Waals surface area contributed by atoms with Gasteiger partial charge >= 0.3 is 11.9 Å². The number of hydrogen-bond donors (Lipinski definition) is 0. The summed E-state index contributed by atoms with van der Waals surface area (Å²) in [6.45, 7) is 5.93. The quantitative estimate of drug-likeness (QED) is 0.585. The summed E-state index contributed by atoms with van der Waals surface area (Å²) in [4.78, 5) is 22.5. The lowest BCUT2D eigenvalue weighted by Gasteiger charge is -2.13. The standard InChI is InChI=1S/C13H24O4/c1-4-6-8-12(14)16-10-11(3)17-13(15)9-7-5-2/h11H,4-10H2,1-3H3/t11-/m1/s1. The molecule has 0 spiro atoms. The Morgan fingerprint density at radius 1 is 1.00 bits per heavy atom. The predicted octanol–water partition coefficient (Wildman–Crippen LogP) is 2.84. The number of carbonyl (C=O) groups excluding carboxylic acids is 2. The molecule has 0 N–H and O–H groups in total. The molecule has 0 aromatic carbocycles. The molecule has 0 rings (SSSR count). The van der Waals surface area contributed by atoms with Crippen molar-refractivity contribution in [2.75, 3.05) is 6.61 Å². The van der Waals surface area contributed by atoms with Crippen LogP contribution in [-0.4, -0.2) is 24.6 Å². The zero-order valence-electron chi connectivity index (χ0n) is 11.2. The molecule has 0 fully saturated rings. The van der Waals surface area contributed by atoms with Crippen molar-refractivity contribution in [2.45, 2.75) is 65.4 Å². The second-order valence-corrected chi connectivity index (χ2v) is 4.19. The number of esters is 2. The second kappa shape index (κ2) is 10.1. The van der Waals surface area contributed by atoms with E-state index in [0.29, 0.717) is 12.8 Å². The van der Waals surface area contributed by atoms with Gasteiger partial charge in [0.05, 0.1) is 0 Å². The molecule has 0 aliphatic rings. The van der Waals surface area contributed by atoms with E-state index in [2.05, 4.69) is 0 Å². The van der Waals surface area contributed by atoms with Gasteiger partial charge in [0.25, 0.3) is 0 Å². The van der Waals surface area contributed by atoms with Gasteiger partial charge in [-0.05, 0) is 19.8 Å². The fourth-order valence-electron chi connectivity index (χ4n) is 1.24. The third-order valence-corrected chi connectivity index (χ3v) is 2.28. The van der Waals surface area contributed by atoms with Crippen LogP contribution in [0.2, 0.25) is 0 Å². The molecule has 0 aliphatic heterocycles. The first-order chi connectivity index (χ1) is 8.10. The fourth-order valence-corrected chi connectivity index (χ4v) is 1.24. The first-order valence-corrected chi connectivity index (χ1v) is 6.45. The maximum absolute atomic E-state index is 11.3. The van der Waals surface area contributed by atoms with E-state index in [1.165, 1.54) is 0 Å². The van der Waals surface area contributed by atoms with Crippen molar-refractivity contribution in [1.82, 2.24) is 0 Å². The van der Waals surface area contributed by atoms with Crippen molar-refractivity contribution in [3.05, 3.63) is 0 Å². The minimum Gasteiger partial charge on any atom is -0.462 e. The van der Waals surface area contributed by atoms with Crippen LogP contribution in [0, 0.1) is 0 Å². The minimum atomic E-state index is -0.357. The van der Waals surface area contributed by atoms with Crippen molar-refractivity contribution in [3.8, 4) is 0 Å². The maximum atomic E-state index is 11.3. The summed E-state index contributed by atoms with van der Waals surface area (Å²) in [5.74, 6) is -0.438. The lowest BCUT2D eigenvalue weighted by Crippen LogP contribution is -2.22. The van der Waals surface area contributed by atoms with Gasteiger partial charge in [0.1, 0.15) is 12.7 Å². The maximum Gasteiger partial charge on any atom is 0.306 e. The minimum absolute atomic E-state index is 0.153. The van der Waals surface area contributed by atoms with Gasteiger partial charge < -0.3 is 9.47 Å². The molecule has 4 heteroatoms. The van der Waals surface area contributed by atoms with Gasteiger partial charge in [-0.2, -0.15) is 0 Å². The molecule has 0 saturated heterocycles. The van der Waals surface area contributed by atoms with Gasteiger partial charge in [0.2, 0.25) is 0 Å². The largest absolute Gasteiger partial charge is 0.462 e. The van der Waals surface area contributed by atoms with Crippen molar-refractivity contribution < 1.29 is 19.1 Å². The van der Waals surface area contributed by atoms with Crippen LogP contribution in [0.25, 0.3) is 0 Å². The van der Waals surface area contributed by atoms with Crippen LogP contribution < -0.4 is 0 Å². The molecule has 0 aliphatic carbocycles. The summed E-state index contributed by atoms with van der Waals surface area (Å²) in [6, 6.07) is 0. The molecule has 100 valence electrons. The average molecular weight is 244 g/mol. The normalized spacial score (nSPS) is 11.9. The third-order valence-electron chi connectivity index (χ3n) is 2.28. The first-order valence-electron chi connectivity index (χ1n) is 6.45. The molecular weight excluding hydrogens is 220 g/mol. The Morgan fingerprint density at radius 3 is 2.06 bits per heavy atom. The monoisotopic (exact) mass is 244 g/mol. The van der Waals surface area contributed by atoms with Crippen LogP contribution in [0.3, 0.4) is 0 Å². The lowest BCUT2D eigenvalue weighted by atomic mass is 10.2. The van der Waals surface area contributed by atoms with Gasteiger partial charge in [0, 0.05) is 12.8 Å². The molecule has 0 aromatic heterocycles. The zero-order valence-corrected chi connectivity index (χ0v) is 11.2. The van der Waals surface area contributed by atoms with Crippen molar-refractivity contribution >= 4 is 11.9 Å². The average Bonchev–Trinajstić information content (AvgIpc) is 2.31. The van der Waals surface area contributed by atoms with E-state index >= 15 is 0 Å². The Hall–Kier alpha value is -1.06. The van der Waals surface area contributed by atoms with E-state index in [9.17, 15) is 9.59 Å². The number of hydrogen-bond acceptors (Lipinski definition) is 4. The fraction of sp³-hybridized carbons (Fsp3) is 0.846. The SMILES string of the molecule is CCCCC(=O)OC[C@@H](C)OC(=O)CCCC. The molecule has 0 amide bonds. The number of carbonyl (C=O) groups is 2. The summed E-state index contributed by atoms with van der Waals surface area (Å²) in [7, 11) is 0. The molecule has 0 unspecified atom stereocenters. The molecule has 0 aromatic rings. The van der Waals surface area contributed by atoms with Crippen LogP contribution in [-0.2, 0) is 19.1 Å². The number of unbranched alkanes of at least 4 members (excludes halogenated alkanes) is 2. The van der Waals surface area contributed by atoms with E-state index < -0.39 is 0 Å². The van der Waals surface area contributed by atoms with Gasteiger partial charge in [-0.25, -0.2) is 0 Å². The highest BCUT2D eigenvalue weighted by Crippen LogP contribution is 2.02. The molecule has 1 atom stereocenters. The van der Waals surface area contributed by atoms with Crippen LogP contribution in [0.4, 0.5) is 0 Å². The summed E-state index contributed by atoms with van der Waals surface area (Å²) < 4.78 is 10.1. The Balaban J connectivity index is 3.60. The van der Waals surface area contributed by atoms with Gasteiger partial charge in [-0.3, -0.25) is 9.59 Å². The molecule has 0 heterocycles. The topological polar surface area (TPSA) is 52.6 Å². The van der Waals surface area contributed by atoms with Gasteiger partial charge in [0.15, 0.2) is 0 Å². The Labute approximate surface area is 104 Å². The summed E-state index contributed by atoms with van der Waals surface area (Å²) in [6.07, 6.45) is 4.12.